The van der Waals surface area contributed by atoms with Gasteiger partial charge in [0, 0.05) is 44.2 Å². The van der Waals surface area contributed by atoms with Gasteiger partial charge in [0.25, 0.3) is 0 Å². The zero-order valence-electron chi connectivity index (χ0n) is 29.5. The Kier molecular flexibility index (Phi) is 8.04. The molecule has 3 aromatic heterocycles. The molecule has 0 amide bonds. The molecule has 0 unspecified atom stereocenters. The third-order valence-corrected chi connectivity index (χ3v) is 9.75. The summed E-state index contributed by atoms with van der Waals surface area (Å²) in [5, 5.41) is 2.10. The van der Waals surface area contributed by atoms with Crippen LogP contribution in [0.2, 0.25) is 0 Å². The van der Waals surface area contributed by atoms with Gasteiger partial charge in [-0.25, -0.2) is 24.9 Å². The summed E-state index contributed by atoms with van der Waals surface area (Å²) in [6, 6.07) is 63.4. The minimum Gasteiger partial charge on any atom is -0.456 e. The van der Waals surface area contributed by atoms with Gasteiger partial charge >= 0.3 is 0 Å². The average molecular weight is 706 g/mol. The van der Waals surface area contributed by atoms with E-state index >= 15 is 0 Å². The van der Waals surface area contributed by atoms with Crippen LogP contribution in [-0.4, -0.2) is 24.9 Å². The number of benzene rings is 7. The molecule has 6 nitrogen and oxygen atoms in total. The van der Waals surface area contributed by atoms with E-state index in [9.17, 15) is 0 Å². The van der Waals surface area contributed by atoms with Gasteiger partial charge in [0.15, 0.2) is 23.3 Å². The van der Waals surface area contributed by atoms with Gasteiger partial charge in [0.1, 0.15) is 11.2 Å². The number of nitrogens with zero attached hydrogens (tertiary/aromatic N) is 5. The predicted octanol–water partition coefficient (Wildman–Crippen LogP) is 12.2. The Labute approximate surface area is 317 Å². The van der Waals surface area contributed by atoms with E-state index in [4.69, 9.17) is 29.3 Å². The summed E-state index contributed by atoms with van der Waals surface area (Å²) in [6.07, 6.45) is 0. The van der Waals surface area contributed by atoms with Crippen molar-refractivity contribution in [3.05, 3.63) is 188 Å². The first-order valence-electron chi connectivity index (χ1n) is 18.2. The lowest BCUT2D eigenvalue weighted by Gasteiger charge is -2.12. The molecule has 0 saturated carbocycles. The Morgan fingerprint density at radius 2 is 0.727 bits per heavy atom. The molecule has 0 fully saturated rings. The first-order valence-corrected chi connectivity index (χ1v) is 18.2. The molecule has 0 N–H and O–H groups in total. The van der Waals surface area contributed by atoms with Gasteiger partial charge < -0.3 is 4.42 Å². The Balaban J connectivity index is 1.08. The summed E-state index contributed by atoms with van der Waals surface area (Å²) >= 11 is 0. The van der Waals surface area contributed by atoms with Crippen molar-refractivity contribution in [2.45, 2.75) is 0 Å². The van der Waals surface area contributed by atoms with Crippen LogP contribution in [0.3, 0.4) is 0 Å². The van der Waals surface area contributed by atoms with E-state index in [0.29, 0.717) is 23.3 Å². The highest BCUT2D eigenvalue weighted by Crippen LogP contribution is 2.38. The topological polar surface area (TPSA) is 77.6 Å². The Bertz CT molecular complexity index is 2920. The minimum absolute atomic E-state index is 0.611. The second-order valence-corrected chi connectivity index (χ2v) is 13.3. The van der Waals surface area contributed by atoms with Crippen LogP contribution in [0.15, 0.2) is 192 Å². The average Bonchev–Trinajstić information content (AvgIpc) is 3.66. The summed E-state index contributed by atoms with van der Waals surface area (Å²) in [6.45, 7) is 0. The lowest BCUT2D eigenvalue weighted by Crippen LogP contribution is -2.00. The second-order valence-electron chi connectivity index (χ2n) is 13.3. The number of fused-ring (bicyclic) bond motifs is 3. The van der Waals surface area contributed by atoms with Crippen LogP contribution in [0, 0.1) is 0 Å². The van der Waals surface area contributed by atoms with Crippen LogP contribution in [0.5, 0.6) is 0 Å². The van der Waals surface area contributed by atoms with Gasteiger partial charge in [0.2, 0.25) is 0 Å². The minimum atomic E-state index is 0.611. The lowest BCUT2D eigenvalue weighted by atomic mass is 9.98. The molecule has 0 radical (unpaired) electrons. The largest absolute Gasteiger partial charge is 0.456 e. The van der Waals surface area contributed by atoms with Crippen molar-refractivity contribution in [2.24, 2.45) is 0 Å². The van der Waals surface area contributed by atoms with E-state index in [2.05, 4.69) is 66.7 Å². The Morgan fingerprint density at radius 1 is 0.291 bits per heavy atom. The molecule has 7 aromatic carbocycles. The second kappa shape index (κ2) is 13.8. The third kappa shape index (κ3) is 6.22. The number of hydrogen-bond acceptors (Lipinski definition) is 6. The van der Waals surface area contributed by atoms with Crippen molar-refractivity contribution in [3.8, 4) is 79.2 Å². The molecule has 0 aliphatic heterocycles. The van der Waals surface area contributed by atoms with E-state index in [1.54, 1.807) is 0 Å². The molecular weight excluding hydrogens is 675 g/mol. The molecular formula is C49H31N5O. The van der Waals surface area contributed by atoms with Crippen LogP contribution in [-0.2, 0) is 0 Å². The van der Waals surface area contributed by atoms with E-state index in [1.807, 2.05) is 121 Å². The number of furan rings is 1. The van der Waals surface area contributed by atoms with E-state index in [-0.39, 0.29) is 0 Å². The molecule has 0 aliphatic rings. The van der Waals surface area contributed by atoms with Gasteiger partial charge in [-0.15, -0.1) is 0 Å². The van der Waals surface area contributed by atoms with Crippen molar-refractivity contribution in [1.29, 1.82) is 0 Å². The van der Waals surface area contributed by atoms with Gasteiger partial charge in [-0.05, 0) is 41.5 Å². The molecule has 0 atom stereocenters. The Morgan fingerprint density at radius 3 is 1.36 bits per heavy atom. The lowest BCUT2D eigenvalue weighted by molar-refractivity contribution is 0.669. The van der Waals surface area contributed by atoms with E-state index < -0.39 is 0 Å². The molecule has 3 heterocycles. The van der Waals surface area contributed by atoms with Crippen LogP contribution >= 0.6 is 0 Å². The quantitative estimate of drug-likeness (QED) is 0.164. The molecule has 0 spiro atoms. The molecule has 10 aromatic rings. The molecule has 0 bridgehead atoms. The number of para-hydroxylation sites is 1. The van der Waals surface area contributed by atoms with E-state index in [0.717, 1.165) is 77.8 Å². The highest BCUT2D eigenvalue weighted by molar-refractivity contribution is 6.12. The fourth-order valence-electron chi connectivity index (χ4n) is 7.07. The first kappa shape index (κ1) is 32.1. The van der Waals surface area contributed by atoms with Crippen molar-refractivity contribution in [3.63, 3.8) is 0 Å². The van der Waals surface area contributed by atoms with E-state index in [1.165, 1.54) is 0 Å². The molecule has 0 saturated heterocycles. The maximum absolute atomic E-state index is 6.25. The zero-order chi connectivity index (χ0) is 36.6. The standard InChI is InChI=1S/C49H31N5O/c1-4-15-32(16-5-1)46-50-41(31-42(51-46)39-26-14-28-44-45(39)40-25-10-11-27-43(40)55-44)37-23-12-21-35(29-37)36-22-13-24-38(30-36)49-53-47(33-17-6-2-7-18-33)52-48(54-49)34-19-8-3-9-20-34/h1-31H. The summed E-state index contributed by atoms with van der Waals surface area (Å²) in [7, 11) is 0. The van der Waals surface area contributed by atoms with Gasteiger partial charge in [-0.3, -0.25) is 0 Å². The van der Waals surface area contributed by atoms with Crippen LogP contribution < -0.4 is 0 Å². The molecule has 0 aliphatic carbocycles. The summed E-state index contributed by atoms with van der Waals surface area (Å²) < 4.78 is 6.25. The van der Waals surface area contributed by atoms with Crippen molar-refractivity contribution < 1.29 is 4.42 Å². The van der Waals surface area contributed by atoms with Crippen molar-refractivity contribution in [1.82, 2.24) is 24.9 Å². The smallest absolute Gasteiger partial charge is 0.164 e. The maximum atomic E-state index is 6.25. The monoisotopic (exact) mass is 705 g/mol. The fourth-order valence-corrected chi connectivity index (χ4v) is 7.07. The number of hydrogen-bond donors (Lipinski definition) is 0. The zero-order valence-corrected chi connectivity index (χ0v) is 29.5. The van der Waals surface area contributed by atoms with Crippen LogP contribution in [0.1, 0.15) is 0 Å². The van der Waals surface area contributed by atoms with Crippen LogP contribution in [0.4, 0.5) is 0 Å². The molecule has 6 heteroatoms. The highest BCUT2D eigenvalue weighted by Gasteiger charge is 2.17. The van der Waals surface area contributed by atoms with Gasteiger partial charge in [0.05, 0.1) is 11.4 Å². The predicted molar refractivity (Wildman–Crippen MR) is 221 cm³/mol. The van der Waals surface area contributed by atoms with Crippen LogP contribution in [0.25, 0.3) is 101 Å². The molecule has 10 rings (SSSR count). The molecule has 55 heavy (non-hydrogen) atoms. The van der Waals surface area contributed by atoms with Gasteiger partial charge in [-0.2, -0.15) is 0 Å². The number of rotatable bonds is 7. The fraction of sp³-hybridized carbons (Fsp3) is 0. The maximum Gasteiger partial charge on any atom is 0.164 e. The summed E-state index contributed by atoms with van der Waals surface area (Å²) in [4.78, 5) is 25.1. The van der Waals surface area contributed by atoms with Gasteiger partial charge in [-0.1, -0.05) is 158 Å². The SMILES string of the molecule is c1ccc(-c2nc(-c3cccc(-c4cccc(-c5nc(-c6ccccc6)nc(-c6ccccc6)n5)c4)c3)cc(-c3cccc4oc5ccccc5c34)n2)cc1. The van der Waals surface area contributed by atoms with Crippen molar-refractivity contribution in [2.75, 3.05) is 0 Å². The number of aromatic nitrogens is 5. The highest BCUT2D eigenvalue weighted by atomic mass is 16.3. The third-order valence-electron chi connectivity index (χ3n) is 9.75. The Hall–Kier alpha value is -7.57. The normalized spacial score (nSPS) is 11.3. The molecule has 258 valence electrons. The van der Waals surface area contributed by atoms with Crippen molar-refractivity contribution >= 4 is 21.9 Å². The summed E-state index contributed by atoms with van der Waals surface area (Å²) in [5.74, 6) is 2.53. The first-order chi connectivity index (χ1) is 27.2. The summed E-state index contributed by atoms with van der Waals surface area (Å²) in [5.41, 5.74) is 11.1.